The molecule has 148 valence electrons. The molecule has 0 amide bonds. The highest BCUT2D eigenvalue weighted by Gasteiger charge is 2.23. The Morgan fingerprint density at radius 1 is 1.39 bits per heavy atom. The monoisotopic (exact) mass is 604 g/mol. The van der Waals surface area contributed by atoms with Crippen LogP contribution in [0.4, 0.5) is 0 Å². The van der Waals surface area contributed by atoms with Crippen molar-refractivity contribution in [1.82, 2.24) is 0 Å². The normalized spacial score (nSPS) is 19.6. The SMILES string of the molecule is CCO[C@@H](Cc1ccc(OC/C=C\C#CC2(I)C=CC=C(I)C2)cc1)C(=O)O. The number of carboxylic acid groups (broad SMARTS) is 1. The van der Waals surface area contributed by atoms with Crippen LogP contribution in [0, 0.1) is 11.8 Å². The largest absolute Gasteiger partial charge is 0.490 e. The summed E-state index contributed by atoms with van der Waals surface area (Å²) in [7, 11) is 0. The zero-order valence-corrected chi connectivity index (χ0v) is 19.8. The maximum atomic E-state index is 11.1. The number of carbonyl (C=O) groups is 1. The average molecular weight is 604 g/mol. The van der Waals surface area contributed by atoms with E-state index >= 15 is 0 Å². The van der Waals surface area contributed by atoms with Crippen molar-refractivity contribution < 1.29 is 19.4 Å². The Morgan fingerprint density at radius 3 is 2.79 bits per heavy atom. The molecule has 0 saturated heterocycles. The summed E-state index contributed by atoms with van der Waals surface area (Å²) in [4.78, 5) is 11.1. The van der Waals surface area contributed by atoms with Gasteiger partial charge < -0.3 is 14.6 Å². The lowest BCUT2D eigenvalue weighted by Gasteiger charge is -2.19. The third kappa shape index (κ3) is 7.97. The van der Waals surface area contributed by atoms with Crippen LogP contribution >= 0.6 is 45.2 Å². The molecule has 6 heteroatoms. The quantitative estimate of drug-likeness (QED) is 0.255. The summed E-state index contributed by atoms with van der Waals surface area (Å²) in [5, 5.41) is 9.14. The van der Waals surface area contributed by atoms with Crippen LogP contribution in [0.5, 0.6) is 5.75 Å². The number of hydrogen-bond acceptors (Lipinski definition) is 3. The molecule has 4 nitrogen and oxygen atoms in total. The Hall–Kier alpha value is -1.31. The van der Waals surface area contributed by atoms with Crippen LogP contribution in [0.3, 0.4) is 0 Å². The summed E-state index contributed by atoms with van der Waals surface area (Å²) in [6, 6.07) is 7.39. The zero-order chi connectivity index (χ0) is 20.4. The lowest BCUT2D eigenvalue weighted by atomic mass is 10.0. The number of benzene rings is 1. The summed E-state index contributed by atoms with van der Waals surface area (Å²) in [5.41, 5.74) is 0.895. The second kappa shape index (κ2) is 11.6. The lowest BCUT2D eigenvalue weighted by molar-refractivity contribution is -0.149. The Kier molecular flexibility index (Phi) is 9.55. The van der Waals surface area contributed by atoms with Gasteiger partial charge in [0, 0.05) is 19.4 Å². The first-order chi connectivity index (χ1) is 13.4. The van der Waals surface area contributed by atoms with Crippen molar-refractivity contribution in [1.29, 1.82) is 0 Å². The molecule has 2 atom stereocenters. The lowest BCUT2D eigenvalue weighted by Crippen LogP contribution is -2.26. The molecule has 0 saturated carbocycles. The Labute approximate surface area is 193 Å². The Bertz CT molecular complexity index is 815. The number of allylic oxidation sites excluding steroid dienone is 5. The first-order valence-corrected chi connectivity index (χ1v) is 11.0. The minimum absolute atomic E-state index is 0.140. The van der Waals surface area contributed by atoms with E-state index in [4.69, 9.17) is 14.6 Å². The van der Waals surface area contributed by atoms with Gasteiger partial charge in [0.2, 0.25) is 0 Å². The van der Waals surface area contributed by atoms with Gasteiger partial charge in [0.1, 0.15) is 15.8 Å². The van der Waals surface area contributed by atoms with Crippen LogP contribution < -0.4 is 4.74 Å². The summed E-state index contributed by atoms with van der Waals surface area (Å²) in [6.07, 6.45) is 10.4. The van der Waals surface area contributed by atoms with E-state index in [9.17, 15) is 4.79 Å². The standard InChI is InChI=1S/C22H22I2O4/c1-2-27-20(21(25)26)15-17-8-10-19(11-9-17)28-14-5-3-4-12-22(24)13-6-7-18(23)16-22/h3,5-11,13,20H,2,14-16H2,1H3,(H,25,26)/b5-3-/t20-,22?/m0/s1. The molecule has 0 heterocycles. The molecule has 1 unspecified atom stereocenters. The minimum Gasteiger partial charge on any atom is -0.490 e. The molecule has 28 heavy (non-hydrogen) atoms. The number of aliphatic carboxylic acids is 1. The third-order valence-corrected chi connectivity index (χ3v) is 5.63. The van der Waals surface area contributed by atoms with Crippen molar-refractivity contribution >= 4 is 51.2 Å². The van der Waals surface area contributed by atoms with Gasteiger partial charge in [-0.05, 0) is 62.9 Å². The molecule has 0 aromatic heterocycles. The molecular formula is C22H22I2O4. The molecular weight excluding hydrogens is 582 g/mol. The molecule has 1 aromatic rings. The minimum atomic E-state index is -0.948. The molecule has 0 aliphatic heterocycles. The van der Waals surface area contributed by atoms with E-state index in [-0.39, 0.29) is 3.42 Å². The molecule has 0 spiro atoms. The van der Waals surface area contributed by atoms with Gasteiger partial charge in [-0.2, -0.15) is 0 Å². The van der Waals surface area contributed by atoms with Gasteiger partial charge in [-0.3, -0.25) is 0 Å². The van der Waals surface area contributed by atoms with Gasteiger partial charge >= 0.3 is 5.97 Å². The van der Waals surface area contributed by atoms with Crippen LogP contribution in [-0.2, 0) is 16.0 Å². The van der Waals surface area contributed by atoms with Gasteiger partial charge in [0.05, 0.1) is 0 Å². The van der Waals surface area contributed by atoms with Crippen molar-refractivity contribution in [2.75, 3.05) is 13.2 Å². The van der Waals surface area contributed by atoms with Gasteiger partial charge in [0.15, 0.2) is 6.10 Å². The summed E-state index contributed by atoms with van der Waals surface area (Å²) in [5.74, 6) is 6.14. The van der Waals surface area contributed by atoms with E-state index in [0.29, 0.717) is 19.6 Å². The number of carboxylic acids is 1. The predicted octanol–water partition coefficient (Wildman–Crippen LogP) is 5.11. The number of ether oxygens (including phenoxy) is 2. The Balaban J connectivity index is 1.80. The first-order valence-electron chi connectivity index (χ1n) is 8.88. The maximum Gasteiger partial charge on any atom is 0.333 e. The van der Waals surface area contributed by atoms with E-state index in [2.05, 4.69) is 75.3 Å². The fourth-order valence-electron chi connectivity index (χ4n) is 2.52. The van der Waals surface area contributed by atoms with E-state index in [1.54, 1.807) is 6.92 Å². The highest BCUT2D eigenvalue weighted by Crippen LogP contribution is 2.34. The average Bonchev–Trinajstić information content (AvgIpc) is 2.65. The van der Waals surface area contributed by atoms with E-state index in [0.717, 1.165) is 17.7 Å². The molecule has 0 bridgehead atoms. The molecule has 1 aromatic carbocycles. The zero-order valence-electron chi connectivity index (χ0n) is 15.5. The fraction of sp³-hybridized carbons (Fsp3) is 0.318. The topological polar surface area (TPSA) is 55.8 Å². The van der Waals surface area contributed by atoms with Crippen molar-refractivity contribution in [2.24, 2.45) is 0 Å². The molecule has 1 N–H and O–H groups in total. The molecule has 0 radical (unpaired) electrons. The summed E-state index contributed by atoms with van der Waals surface area (Å²) < 4.78 is 12.1. The van der Waals surface area contributed by atoms with Crippen molar-refractivity contribution in [3.63, 3.8) is 0 Å². The van der Waals surface area contributed by atoms with Gasteiger partial charge in [0.25, 0.3) is 0 Å². The van der Waals surface area contributed by atoms with Crippen LogP contribution in [0.1, 0.15) is 18.9 Å². The van der Waals surface area contributed by atoms with Crippen molar-refractivity contribution in [2.45, 2.75) is 29.3 Å². The fourth-order valence-corrected chi connectivity index (χ4v) is 4.84. The van der Waals surface area contributed by atoms with Gasteiger partial charge in [-0.15, -0.1) is 0 Å². The van der Waals surface area contributed by atoms with Crippen LogP contribution in [0.25, 0.3) is 0 Å². The maximum absolute atomic E-state index is 11.1. The first kappa shape index (κ1) is 23.0. The van der Waals surface area contributed by atoms with Crippen LogP contribution in [-0.4, -0.2) is 33.8 Å². The van der Waals surface area contributed by atoms with E-state index in [1.807, 2.05) is 36.4 Å². The second-order valence-corrected chi connectivity index (χ2v) is 9.44. The highest BCUT2D eigenvalue weighted by atomic mass is 127. The predicted molar refractivity (Wildman–Crippen MR) is 128 cm³/mol. The van der Waals surface area contributed by atoms with E-state index < -0.39 is 12.1 Å². The van der Waals surface area contributed by atoms with Crippen LogP contribution in [0.2, 0.25) is 0 Å². The molecule has 2 rings (SSSR count). The summed E-state index contributed by atoms with van der Waals surface area (Å²) >= 11 is 4.72. The number of hydrogen-bond donors (Lipinski definition) is 1. The van der Waals surface area contributed by atoms with Crippen molar-refractivity contribution in [3.05, 3.63) is 63.8 Å². The van der Waals surface area contributed by atoms with Gasteiger partial charge in [-0.1, -0.05) is 64.8 Å². The highest BCUT2D eigenvalue weighted by molar-refractivity contribution is 14.1. The molecule has 1 aliphatic rings. The number of halogens is 2. The second-order valence-electron chi connectivity index (χ2n) is 6.12. The van der Waals surface area contributed by atoms with E-state index in [1.165, 1.54) is 3.58 Å². The Morgan fingerprint density at radius 2 is 2.14 bits per heavy atom. The number of rotatable bonds is 8. The number of alkyl halides is 1. The van der Waals surface area contributed by atoms with Crippen molar-refractivity contribution in [3.8, 4) is 17.6 Å². The van der Waals surface area contributed by atoms with Crippen LogP contribution in [0.15, 0.2) is 58.2 Å². The smallest absolute Gasteiger partial charge is 0.333 e. The van der Waals surface area contributed by atoms with Gasteiger partial charge in [-0.25, -0.2) is 4.79 Å². The third-order valence-electron chi connectivity index (χ3n) is 3.88. The summed E-state index contributed by atoms with van der Waals surface area (Å²) in [6.45, 7) is 2.58. The molecule has 1 aliphatic carbocycles. The molecule has 0 fully saturated rings.